The minimum absolute atomic E-state index is 0.0957. The van der Waals surface area contributed by atoms with Crippen LogP contribution in [0.5, 0.6) is 0 Å². The average Bonchev–Trinajstić information content (AvgIpc) is 2.98. The van der Waals surface area contributed by atoms with Crippen LogP contribution >= 0.6 is 11.6 Å². The molecule has 1 amide bonds. The summed E-state index contributed by atoms with van der Waals surface area (Å²) >= 11 is 5.93. The molecule has 0 aliphatic heterocycles. The molecule has 1 heterocycles. The molecule has 0 bridgehead atoms. The molecule has 0 unspecified atom stereocenters. The first-order valence-electron chi connectivity index (χ1n) is 8.20. The molecule has 3 aromatic rings. The zero-order valence-electron chi connectivity index (χ0n) is 14.9. The molecule has 0 aliphatic rings. The van der Waals surface area contributed by atoms with Crippen molar-refractivity contribution in [1.82, 2.24) is 0 Å². The van der Waals surface area contributed by atoms with E-state index in [4.69, 9.17) is 26.0 Å². The third-order valence-corrected chi connectivity index (χ3v) is 4.41. The fourth-order valence-electron chi connectivity index (χ4n) is 2.58. The summed E-state index contributed by atoms with van der Waals surface area (Å²) < 4.78 is 24.0. The Bertz CT molecular complexity index is 1130. The zero-order valence-corrected chi connectivity index (χ0v) is 15.6. The van der Waals surface area contributed by atoms with Gasteiger partial charge in [0.15, 0.2) is 6.10 Å². The lowest BCUT2D eigenvalue weighted by atomic mass is 10.1. The van der Waals surface area contributed by atoms with Crippen LogP contribution in [0.25, 0.3) is 11.0 Å². The number of furan rings is 1. The minimum atomic E-state index is -1.13. The van der Waals surface area contributed by atoms with Gasteiger partial charge in [-0.15, -0.1) is 0 Å². The number of nitrogens with zero attached hydrogens (tertiary/aromatic N) is 1. The van der Waals surface area contributed by atoms with Gasteiger partial charge in [-0.1, -0.05) is 11.6 Å². The number of fused-ring (bicyclic) bond motifs is 1. The van der Waals surface area contributed by atoms with Crippen LogP contribution in [-0.4, -0.2) is 18.0 Å². The van der Waals surface area contributed by atoms with E-state index in [0.717, 1.165) is 0 Å². The number of nitrogens with one attached hydrogen (secondary N) is 1. The zero-order chi connectivity index (χ0) is 20.4. The van der Waals surface area contributed by atoms with Crippen LogP contribution in [-0.2, 0) is 9.53 Å². The summed E-state index contributed by atoms with van der Waals surface area (Å²) in [6.45, 7) is 3.00. The second-order valence-electron chi connectivity index (χ2n) is 6.04. The standard InChI is InChI=1S/C20H14ClFN2O4/c1-10-15-7-13(22)4-6-17(15)28-18(10)20(26)27-11(2)19(25)24-14-5-3-12(9-23)16(21)8-14/h3-8,11H,1-2H3,(H,24,25)/t11-/m0/s1. The van der Waals surface area contributed by atoms with Crippen LogP contribution in [0, 0.1) is 24.1 Å². The molecular formula is C20H14ClFN2O4. The number of esters is 1. The van der Waals surface area contributed by atoms with E-state index in [-0.39, 0.29) is 16.3 Å². The summed E-state index contributed by atoms with van der Waals surface area (Å²) in [4.78, 5) is 24.6. The third-order valence-electron chi connectivity index (χ3n) is 4.09. The summed E-state index contributed by atoms with van der Waals surface area (Å²) in [5, 5.41) is 12.1. The third kappa shape index (κ3) is 3.82. The van der Waals surface area contributed by atoms with Gasteiger partial charge in [0, 0.05) is 16.6 Å². The van der Waals surface area contributed by atoms with Crippen molar-refractivity contribution in [3.8, 4) is 6.07 Å². The molecule has 0 saturated carbocycles. The Kier molecular flexibility index (Phi) is 5.34. The number of hydrogen-bond donors (Lipinski definition) is 1. The molecule has 6 nitrogen and oxygen atoms in total. The molecule has 28 heavy (non-hydrogen) atoms. The summed E-state index contributed by atoms with van der Waals surface area (Å²) in [5.74, 6) is -1.98. The predicted octanol–water partition coefficient (Wildman–Crippen LogP) is 4.59. The van der Waals surface area contributed by atoms with Gasteiger partial charge in [-0.05, 0) is 50.2 Å². The van der Waals surface area contributed by atoms with Gasteiger partial charge in [0.25, 0.3) is 5.91 Å². The number of rotatable bonds is 4. The number of nitriles is 1. The number of anilines is 1. The van der Waals surface area contributed by atoms with Gasteiger partial charge in [0.2, 0.25) is 5.76 Å². The number of aryl methyl sites for hydroxylation is 1. The Morgan fingerprint density at radius 1 is 1.29 bits per heavy atom. The highest BCUT2D eigenvalue weighted by Gasteiger charge is 2.24. The van der Waals surface area contributed by atoms with Crippen molar-refractivity contribution in [2.75, 3.05) is 5.32 Å². The average molecular weight is 401 g/mol. The SMILES string of the molecule is Cc1c(C(=O)O[C@@H](C)C(=O)Nc2ccc(C#N)c(Cl)c2)oc2ccc(F)cc12. The number of carbonyl (C=O) groups excluding carboxylic acids is 2. The molecule has 1 N–H and O–H groups in total. The van der Waals surface area contributed by atoms with Gasteiger partial charge in [-0.25, -0.2) is 9.18 Å². The van der Waals surface area contributed by atoms with E-state index in [1.54, 1.807) is 6.92 Å². The molecule has 2 aromatic carbocycles. The summed E-state index contributed by atoms with van der Waals surface area (Å²) in [6, 6.07) is 10.2. The number of ether oxygens (including phenoxy) is 1. The van der Waals surface area contributed by atoms with Crippen molar-refractivity contribution in [3.05, 3.63) is 64.1 Å². The summed E-state index contributed by atoms with van der Waals surface area (Å²) in [5.41, 5.74) is 1.39. The summed E-state index contributed by atoms with van der Waals surface area (Å²) in [6.07, 6.45) is -1.13. The Morgan fingerprint density at radius 3 is 2.71 bits per heavy atom. The molecule has 0 saturated heterocycles. The minimum Gasteiger partial charge on any atom is -0.449 e. The lowest BCUT2D eigenvalue weighted by Crippen LogP contribution is -2.30. The van der Waals surface area contributed by atoms with E-state index in [9.17, 15) is 14.0 Å². The van der Waals surface area contributed by atoms with Gasteiger partial charge in [-0.3, -0.25) is 4.79 Å². The maximum absolute atomic E-state index is 13.4. The molecule has 0 spiro atoms. The largest absolute Gasteiger partial charge is 0.449 e. The van der Waals surface area contributed by atoms with Crippen LogP contribution in [0.3, 0.4) is 0 Å². The number of benzene rings is 2. The Labute approximate surface area is 164 Å². The second-order valence-corrected chi connectivity index (χ2v) is 6.45. The summed E-state index contributed by atoms with van der Waals surface area (Å²) in [7, 11) is 0. The van der Waals surface area contributed by atoms with E-state index in [2.05, 4.69) is 5.32 Å². The van der Waals surface area contributed by atoms with E-state index < -0.39 is 23.8 Å². The normalized spacial score (nSPS) is 11.7. The van der Waals surface area contributed by atoms with Crippen molar-refractivity contribution >= 4 is 40.1 Å². The highest BCUT2D eigenvalue weighted by atomic mass is 35.5. The van der Waals surface area contributed by atoms with E-state index >= 15 is 0 Å². The lowest BCUT2D eigenvalue weighted by molar-refractivity contribution is -0.123. The molecule has 3 rings (SSSR count). The highest BCUT2D eigenvalue weighted by molar-refractivity contribution is 6.32. The first-order chi connectivity index (χ1) is 13.3. The fourth-order valence-corrected chi connectivity index (χ4v) is 2.81. The van der Waals surface area contributed by atoms with Gasteiger partial charge < -0.3 is 14.5 Å². The van der Waals surface area contributed by atoms with Gasteiger partial charge in [0.1, 0.15) is 17.5 Å². The Morgan fingerprint density at radius 2 is 2.04 bits per heavy atom. The van der Waals surface area contributed by atoms with Gasteiger partial charge in [0.05, 0.1) is 10.6 Å². The Hall–Kier alpha value is -3.37. The number of halogens is 2. The van der Waals surface area contributed by atoms with Crippen LogP contribution in [0.4, 0.5) is 10.1 Å². The molecule has 1 aromatic heterocycles. The van der Waals surface area contributed by atoms with Crippen LogP contribution in [0.15, 0.2) is 40.8 Å². The molecule has 8 heteroatoms. The van der Waals surface area contributed by atoms with Gasteiger partial charge >= 0.3 is 5.97 Å². The van der Waals surface area contributed by atoms with E-state index in [1.165, 1.54) is 43.3 Å². The van der Waals surface area contributed by atoms with Crippen molar-refractivity contribution in [1.29, 1.82) is 5.26 Å². The van der Waals surface area contributed by atoms with Crippen LogP contribution in [0.1, 0.15) is 28.6 Å². The molecule has 0 aliphatic carbocycles. The number of hydrogen-bond acceptors (Lipinski definition) is 5. The number of amides is 1. The Balaban J connectivity index is 1.72. The fraction of sp³-hybridized carbons (Fsp3) is 0.150. The highest BCUT2D eigenvalue weighted by Crippen LogP contribution is 2.27. The van der Waals surface area contributed by atoms with Crippen molar-refractivity contribution < 1.29 is 23.1 Å². The van der Waals surface area contributed by atoms with Crippen molar-refractivity contribution in [3.63, 3.8) is 0 Å². The lowest BCUT2D eigenvalue weighted by Gasteiger charge is -2.13. The molecule has 0 fully saturated rings. The molecule has 1 atom stereocenters. The first kappa shape index (κ1) is 19.4. The monoisotopic (exact) mass is 400 g/mol. The maximum atomic E-state index is 13.4. The van der Waals surface area contributed by atoms with E-state index in [0.29, 0.717) is 22.2 Å². The van der Waals surface area contributed by atoms with Crippen molar-refractivity contribution in [2.45, 2.75) is 20.0 Å². The topological polar surface area (TPSA) is 92.3 Å². The number of carbonyl (C=O) groups is 2. The smallest absolute Gasteiger partial charge is 0.375 e. The van der Waals surface area contributed by atoms with Gasteiger partial charge in [-0.2, -0.15) is 5.26 Å². The predicted molar refractivity (Wildman–Crippen MR) is 101 cm³/mol. The quantitative estimate of drug-likeness (QED) is 0.646. The van der Waals surface area contributed by atoms with Crippen LogP contribution in [0.2, 0.25) is 5.02 Å². The molecule has 142 valence electrons. The van der Waals surface area contributed by atoms with Crippen LogP contribution < -0.4 is 5.32 Å². The molecular weight excluding hydrogens is 387 g/mol. The maximum Gasteiger partial charge on any atom is 0.375 e. The first-order valence-corrected chi connectivity index (χ1v) is 8.58. The van der Waals surface area contributed by atoms with Crippen molar-refractivity contribution in [2.24, 2.45) is 0 Å². The second kappa shape index (κ2) is 7.71. The van der Waals surface area contributed by atoms with E-state index in [1.807, 2.05) is 6.07 Å². The molecule has 0 radical (unpaired) electrons.